The lowest BCUT2D eigenvalue weighted by Crippen LogP contribution is -2.53. The molecule has 0 aliphatic carbocycles. The first-order valence-corrected chi connectivity index (χ1v) is 6.46. The molecule has 1 atom stereocenters. The molecule has 1 aromatic rings. The minimum Gasteiger partial charge on any atom is -0.279 e. The third-order valence-corrected chi connectivity index (χ3v) is 4.55. The molecule has 2 aliphatic rings. The van der Waals surface area contributed by atoms with Crippen LogP contribution in [0, 0.1) is 5.92 Å². The van der Waals surface area contributed by atoms with Crippen LogP contribution in [0.15, 0.2) is 29.3 Å². The van der Waals surface area contributed by atoms with Crippen LogP contribution in [0.5, 0.6) is 0 Å². The van der Waals surface area contributed by atoms with Crippen LogP contribution < -0.4 is 0 Å². The maximum atomic E-state index is 12.5. The number of carbonyl (C=O) groups excluding carboxylic acids is 1. The average molecular weight is 258 g/mol. The van der Waals surface area contributed by atoms with Gasteiger partial charge in [-0.05, 0) is 18.9 Å². The lowest BCUT2D eigenvalue weighted by atomic mass is 9.87. The van der Waals surface area contributed by atoms with Gasteiger partial charge in [-0.25, -0.2) is 4.99 Å². The molecule has 92 valence electrons. The molecule has 0 aromatic heterocycles. The molecule has 0 radical (unpaired) electrons. The lowest BCUT2D eigenvalue weighted by molar-refractivity contribution is 0.0761. The van der Waals surface area contributed by atoms with E-state index in [0.29, 0.717) is 4.99 Å². The van der Waals surface area contributed by atoms with E-state index in [2.05, 4.69) is 18.8 Å². The molecular formula is C14H14N2OS. The SMILES string of the molecule is CC(C)C1(C)C(=S)N=C2c3ccccc3C(=O)N21. The van der Waals surface area contributed by atoms with Crippen molar-refractivity contribution in [1.29, 1.82) is 0 Å². The van der Waals surface area contributed by atoms with Gasteiger partial charge in [0.05, 0.1) is 5.56 Å². The highest BCUT2D eigenvalue weighted by Crippen LogP contribution is 2.39. The van der Waals surface area contributed by atoms with Crippen LogP contribution in [0.3, 0.4) is 0 Å². The van der Waals surface area contributed by atoms with Crippen LogP contribution in [0.2, 0.25) is 0 Å². The molecule has 3 nitrogen and oxygen atoms in total. The molecule has 1 amide bonds. The van der Waals surface area contributed by atoms with Crippen LogP contribution >= 0.6 is 12.2 Å². The highest BCUT2D eigenvalue weighted by molar-refractivity contribution is 7.80. The Morgan fingerprint density at radius 3 is 2.50 bits per heavy atom. The zero-order valence-electron chi connectivity index (χ0n) is 10.6. The number of amidine groups is 1. The maximum absolute atomic E-state index is 12.5. The zero-order valence-corrected chi connectivity index (χ0v) is 11.4. The number of rotatable bonds is 1. The van der Waals surface area contributed by atoms with Crippen LogP contribution in [-0.4, -0.2) is 27.2 Å². The first-order chi connectivity index (χ1) is 8.48. The molecule has 0 spiro atoms. The maximum Gasteiger partial charge on any atom is 0.261 e. The van der Waals surface area contributed by atoms with E-state index in [9.17, 15) is 4.79 Å². The first kappa shape index (κ1) is 11.5. The van der Waals surface area contributed by atoms with Crippen LogP contribution in [0.4, 0.5) is 0 Å². The molecule has 4 heteroatoms. The summed E-state index contributed by atoms with van der Waals surface area (Å²) in [6, 6.07) is 7.58. The number of amides is 1. The van der Waals surface area contributed by atoms with E-state index in [1.807, 2.05) is 31.2 Å². The smallest absolute Gasteiger partial charge is 0.261 e. The van der Waals surface area contributed by atoms with Gasteiger partial charge in [0.25, 0.3) is 5.91 Å². The number of benzene rings is 1. The van der Waals surface area contributed by atoms with Crippen molar-refractivity contribution >= 4 is 28.9 Å². The summed E-state index contributed by atoms with van der Waals surface area (Å²) < 4.78 is 0. The second-order valence-electron chi connectivity index (χ2n) is 5.23. The van der Waals surface area contributed by atoms with E-state index >= 15 is 0 Å². The summed E-state index contributed by atoms with van der Waals surface area (Å²) >= 11 is 5.39. The Hall–Kier alpha value is -1.55. The van der Waals surface area contributed by atoms with Gasteiger partial charge in [-0.2, -0.15) is 0 Å². The Morgan fingerprint density at radius 1 is 1.28 bits per heavy atom. The van der Waals surface area contributed by atoms with Crippen molar-refractivity contribution in [1.82, 2.24) is 4.90 Å². The fourth-order valence-electron chi connectivity index (χ4n) is 2.55. The fourth-order valence-corrected chi connectivity index (χ4v) is 2.97. The number of hydrogen-bond acceptors (Lipinski definition) is 2. The van der Waals surface area contributed by atoms with Crippen molar-refractivity contribution < 1.29 is 4.79 Å². The van der Waals surface area contributed by atoms with Gasteiger partial charge in [-0.15, -0.1) is 0 Å². The minimum absolute atomic E-state index is 0.0143. The van der Waals surface area contributed by atoms with Crippen molar-refractivity contribution in [3.05, 3.63) is 35.4 Å². The molecule has 1 aromatic carbocycles. The molecular weight excluding hydrogens is 244 g/mol. The molecule has 3 rings (SSSR count). The number of carbonyl (C=O) groups is 1. The van der Waals surface area contributed by atoms with Gasteiger partial charge in [0.15, 0.2) is 0 Å². The van der Waals surface area contributed by atoms with Crippen LogP contribution in [0.25, 0.3) is 0 Å². The average Bonchev–Trinajstić information content (AvgIpc) is 2.77. The van der Waals surface area contributed by atoms with Gasteiger partial charge in [0, 0.05) is 5.56 Å². The predicted molar refractivity (Wildman–Crippen MR) is 75.0 cm³/mol. The largest absolute Gasteiger partial charge is 0.279 e. The molecule has 0 saturated carbocycles. The summed E-state index contributed by atoms with van der Waals surface area (Å²) in [7, 11) is 0. The van der Waals surface area contributed by atoms with Crippen molar-refractivity contribution in [2.75, 3.05) is 0 Å². The molecule has 0 fully saturated rings. The molecule has 2 aliphatic heterocycles. The van der Waals surface area contributed by atoms with Crippen molar-refractivity contribution in [3.63, 3.8) is 0 Å². The third kappa shape index (κ3) is 1.16. The van der Waals surface area contributed by atoms with Gasteiger partial charge >= 0.3 is 0 Å². The van der Waals surface area contributed by atoms with Gasteiger partial charge in [-0.1, -0.05) is 44.3 Å². The summed E-state index contributed by atoms with van der Waals surface area (Å²) in [6.45, 7) is 6.14. The predicted octanol–water partition coefficient (Wildman–Crippen LogP) is 2.64. The monoisotopic (exact) mass is 258 g/mol. The number of fused-ring (bicyclic) bond motifs is 3. The molecule has 0 saturated heterocycles. The molecule has 2 heterocycles. The summed E-state index contributed by atoms with van der Waals surface area (Å²) in [5.74, 6) is 0.960. The van der Waals surface area contributed by atoms with E-state index in [1.165, 1.54) is 0 Å². The molecule has 1 unspecified atom stereocenters. The highest BCUT2D eigenvalue weighted by Gasteiger charge is 2.53. The second kappa shape index (κ2) is 3.48. The Labute approximate surface area is 112 Å². The Bertz CT molecular complexity index is 606. The molecule has 0 N–H and O–H groups in total. The van der Waals surface area contributed by atoms with Crippen LogP contribution in [0.1, 0.15) is 36.7 Å². The van der Waals surface area contributed by atoms with Crippen LogP contribution in [-0.2, 0) is 0 Å². The fraction of sp³-hybridized carbons (Fsp3) is 0.357. The quantitative estimate of drug-likeness (QED) is 0.725. The Balaban J connectivity index is 2.23. The van der Waals surface area contributed by atoms with E-state index in [4.69, 9.17) is 12.2 Å². The van der Waals surface area contributed by atoms with Crippen molar-refractivity contribution in [2.45, 2.75) is 26.3 Å². The molecule has 18 heavy (non-hydrogen) atoms. The normalized spacial score (nSPS) is 25.6. The van der Waals surface area contributed by atoms with Gasteiger partial charge in [-0.3, -0.25) is 9.69 Å². The summed E-state index contributed by atoms with van der Waals surface area (Å²) in [5.41, 5.74) is 1.14. The number of nitrogens with zero attached hydrogens (tertiary/aromatic N) is 2. The molecule has 0 bridgehead atoms. The van der Waals surface area contributed by atoms with Crippen molar-refractivity contribution in [2.24, 2.45) is 10.9 Å². The van der Waals surface area contributed by atoms with Gasteiger partial charge in [0.1, 0.15) is 16.4 Å². The first-order valence-electron chi connectivity index (χ1n) is 6.05. The second-order valence-corrected chi connectivity index (χ2v) is 5.62. The highest BCUT2D eigenvalue weighted by atomic mass is 32.1. The van der Waals surface area contributed by atoms with E-state index in [-0.39, 0.29) is 11.8 Å². The summed E-state index contributed by atoms with van der Waals surface area (Å²) in [6.07, 6.45) is 0. The van der Waals surface area contributed by atoms with Crippen molar-refractivity contribution in [3.8, 4) is 0 Å². The van der Waals surface area contributed by atoms with Gasteiger partial charge < -0.3 is 0 Å². The summed E-state index contributed by atoms with van der Waals surface area (Å²) in [4.78, 5) is 19.4. The summed E-state index contributed by atoms with van der Waals surface area (Å²) in [5, 5.41) is 0. The number of hydrogen-bond donors (Lipinski definition) is 0. The Kier molecular flexibility index (Phi) is 2.23. The minimum atomic E-state index is -0.485. The topological polar surface area (TPSA) is 32.7 Å². The lowest BCUT2D eigenvalue weighted by Gasteiger charge is -2.36. The zero-order chi connectivity index (χ0) is 13.1. The Morgan fingerprint density at radius 2 is 1.89 bits per heavy atom. The van der Waals surface area contributed by atoms with E-state index < -0.39 is 5.54 Å². The number of thiocarbonyl (C=S) groups is 1. The van der Waals surface area contributed by atoms with E-state index in [1.54, 1.807) is 4.90 Å². The standard InChI is InChI=1S/C14H14N2OS/c1-8(2)14(3)13(18)15-11-9-6-4-5-7-10(9)12(17)16(11)14/h4-8H,1-3H3. The third-order valence-electron chi connectivity index (χ3n) is 4.04. The van der Waals surface area contributed by atoms with E-state index in [0.717, 1.165) is 17.0 Å². The van der Waals surface area contributed by atoms with Gasteiger partial charge in [0.2, 0.25) is 0 Å². The number of aliphatic imine (C=N–C) groups is 1.